The molecule has 2 aliphatic rings. The summed E-state index contributed by atoms with van der Waals surface area (Å²) >= 11 is 0. The van der Waals surface area contributed by atoms with Gasteiger partial charge in [0.1, 0.15) is 12.2 Å². The van der Waals surface area contributed by atoms with E-state index in [9.17, 15) is 4.79 Å². The van der Waals surface area contributed by atoms with Gasteiger partial charge in [-0.2, -0.15) is 5.10 Å². The Morgan fingerprint density at radius 3 is 3.05 bits per heavy atom. The van der Waals surface area contributed by atoms with Gasteiger partial charge in [-0.3, -0.25) is 9.78 Å². The number of nitrogens with zero attached hydrogens (tertiary/aromatic N) is 5. The van der Waals surface area contributed by atoms with E-state index < -0.39 is 0 Å². The molecule has 2 aromatic rings. The molecule has 21 heavy (non-hydrogen) atoms. The summed E-state index contributed by atoms with van der Waals surface area (Å²) < 4.78 is 1.86. The van der Waals surface area contributed by atoms with Crippen LogP contribution in [0.1, 0.15) is 29.1 Å². The van der Waals surface area contributed by atoms with Gasteiger partial charge < -0.3 is 4.90 Å². The molecule has 1 amide bonds. The quantitative estimate of drug-likeness (QED) is 0.786. The molecule has 0 spiro atoms. The number of aromatic nitrogens is 4. The second kappa shape index (κ2) is 4.65. The first-order chi connectivity index (χ1) is 10.2. The lowest BCUT2D eigenvalue weighted by Gasteiger charge is -2.26. The van der Waals surface area contributed by atoms with Gasteiger partial charge in [0.2, 0.25) is 5.91 Å². The summed E-state index contributed by atoms with van der Waals surface area (Å²) in [5.41, 5.74) is 3.41. The zero-order valence-electron chi connectivity index (χ0n) is 12.0. The van der Waals surface area contributed by atoms with Crippen LogP contribution in [0.25, 0.3) is 0 Å². The second-order valence-electron chi connectivity index (χ2n) is 5.88. The summed E-state index contributed by atoms with van der Waals surface area (Å²) in [6.45, 7) is 4.02. The van der Waals surface area contributed by atoms with Crippen molar-refractivity contribution in [1.82, 2.24) is 24.6 Å². The molecule has 0 radical (unpaired) electrons. The van der Waals surface area contributed by atoms with Crippen LogP contribution in [0.15, 0.2) is 18.6 Å². The van der Waals surface area contributed by atoms with E-state index in [2.05, 4.69) is 21.1 Å². The number of aryl methyl sites for hydroxylation is 2. The number of carbonyl (C=O) groups excluding carboxylic acids is 1. The maximum Gasteiger partial charge on any atom is 0.228 e. The third kappa shape index (κ3) is 2.11. The smallest absolute Gasteiger partial charge is 0.228 e. The van der Waals surface area contributed by atoms with Crippen LogP contribution in [-0.4, -0.2) is 30.6 Å². The summed E-state index contributed by atoms with van der Waals surface area (Å²) in [4.78, 5) is 23.2. The van der Waals surface area contributed by atoms with Gasteiger partial charge in [0.15, 0.2) is 0 Å². The van der Waals surface area contributed by atoms with E-state index in [4.69, 9.17) is 0 Å². The average Bonchev–Trinajstić information content (AvgIpc) is 3.11. The van der Waals surface area contributed by atoms with Crippen molar-refractivity contribution in [1.29, 1.82) is 0 Å². The number of carbonyl (C=O) groups is 1. The molecule has 2 aliphatic heterocycles. The molecule has 0 bridgehead atoms. The lowest BCUT2D eigenvalue weighted by molar-refractivity contribution is -0.137. The van der Waals surface area contributed by atoms with Gasteiger partial charge in [0.25, 0.3) is 0 Å². The summed E-state index contributed by atoms with van der Waals surface area (Å²) in [5.74, 6) is 1.23. The number of rotatable bonds is 1. The molecule has 6 nitrogen and oxygen atoms in total. The predicted molar refractivity (Wildman–Crippen MR) is 75.1 cm³/mol. The van der Waals surface area contributed by atoms with Crippen molar-refractivity contribution in [2.75, 3.05) is 0 Å². The van der Waals surface area contributed by atoms with Crippen LogP contribution in [0.2, 0.25) is 0 Å². The Hall–Kier alpha value is -2.24. The minimum absolute atomic E-state index is 0.0163. The normalized spacial score (nSPS) is 20.2. The highest BCUT2D eigenvalue weighted by Crippen LogP contribution is 2.27. The largest absolute Gasteiger partial charge is 0.334 e. The van der Waals surface area contributed by atoms with Crippen LogP contribution in [-0.2, 0) is 30.8 Å². The summed E-state index contributed by atoms with van der Waals surface area (Å²) in [5, 5.41) is 4.19. The van der Waals surface area contributed by atoms with Crippen LogP contribution >= 0.6 is 0 Å². The molecule has 0 N–H and O–H groups in total. The average molecular weight is 283 g/mol. The maximum atomic E-state index is 12.7. The number of pyridine rings is 1. The molecule has 0 saturated heterocycles. The highest BCUT2D eigenvalue weighted by Gasteiger charge is 2.32. The van der Waals surface area contributed by atoms with Crippen molar-refractivity contribution < 1.29 is 4.79 Å². The van der Waals surface area contributed by atoms with E-state index in [0.717, 1.165) is 24.4 Å². The fourth-order valence-corrected chi connectivity index (χ4v) is 3.25. The van der Waals surface area contributed by atoms with Gasteiger partial charge in [0.05, 0.1) is 12.5 Å². The van der Waals surface area contributed by atoms with E-state index >= 15 is 0 Å². The SMILES string of the molecule is Cc1cc2c(cn1)CN(C(=O)C1CCc3ncnn3C1)C2. The Morgan fingerprint density at radius 1 is 1.29 bits per heavy atom. The topological polar surface area (TPSA) is 63.9 Å². The molecule has 4 heterocycles. The number of hydrogen-bond acceptors (Lipinski definition) is 4. The van der Waals surface area contributed by atoms with Crippen molar-refractivity contribution in [2.24, 2.45) is 5.92 Å². The standard InChI is InChI=1S/C15H17N5O/c1-10-4-12-6-19(7-13(12)5-16-10)15(21)11-2-3-14-17-9-18-20(14)8-11/h4-5,9,11H,2-3,6-8H2,1H3. The highest BCUT2D eigenvalue weighted by atomic mass is 16.2. The van der Waals surface area contributed by atoms with Crippen LogP contribution in [0.5, 0.6) is 0 Å². The van der Waals surface area contributed by atoms with Crippen molar-refractivity contribution in [3.8, 4) is 0 Å². The first-order valence-corrected chi connectivity index (χ1v) is 7.30. The molecule has 108 valence electrons. The molecular formula is C15H17N5O. The first kappa shape index (κ1) is 12.5. The minimum atomic E-state index is 0.0163. The van der Waals surface area contributed by atoms with Gasteiger partial charge in [-0.15, -0.1) is 0 Å². The summed E-state index contributed by atoms with van der Waals surface area (Å²) in [7, 11) is 0. The number of amides is 1. The number of fused-ring (bicyclic) bond motifs is 2. The molecule has 0 saturated carbocycles. The first-order valence-electron chi connectivity index (χ1n) is 7.30. The van der Waals surface area contributed by atoms with Gasteiger partial charge >= 0.3 is 0 Å². The van der Waals surface area contributed by atoms with Crippen molar-refractivity contribution in [3.05, 3.63) is 41.2 Å². The Balaban J connectivity index is 1.50. The van der Waals surface area contributed by atoms with Crippen molar-refractivity contribution >= 4 is 5.91 Å². The lowest BCUT2D eigenvalue weighted by atomic mass is 9.98. The molecule has 0 aliphatic carbocycles. The van der Waals surface area contributed by atoms with Gasteiger partial charge in [0, 0.05) is 31.4 Å². The molecular weight excluding hydrogens is 266 g/mol. The zero-order chi connectivity index (χ0) is 14.4. The van der Waals surface area contributed by atoms with E-state index in [1.54, 1.807) is 6.33 Å². The third-order valence-corrected chi connectivity index (χ3v) is 4.41. The van der Waals surface area contributed by atoms with Crippen molar-refractivity contribution in [2.45, 2.75) is 39.4 Å². The van der Waals surface area contributed by atoms with Crippen LogP contribution in [0, 0.1) is 12.8 Å². The summed E-state index contributed by atoms with van der Waals surface area (Å²) in [6.07, 6.45) is 5.16. The molecule has 2 aromatic heterocycles. The molecule has 0 fully saturated rings. The number of hydrogen-bond donors (Lipinski definition) is 0. The molecule has 1 atom stereocenters. The highest BCUT2D eigenvalue weighted by molar-refractivity contribution is 5.79. The predicted octanol–water partition coefficient (Wildman–Crippen LogP) is 1.09. The second-order valence-corrected chi connectivity index (χ2v) is 5.88. The Labute approximate surface area is 122 Å². The minimum Gasteiger partial charge on any atom is -0.334 e. The Morgan fingerprint density at radius 2 is 2.14 bits per heavy atom. The fraction of sp³-hybridized carbons (Fsp3) is 0.467. The van der Waals surface area contributed by atoms with Gasteiger partial charge in [-0.05, 0) is 30.5 Å². The maximum absolute atomic E-state index is 12.7. The molecule has 1 unspecified atom stereocenters. The van der Waals surface area contributed by atoms with Crippen LogP contribution in [0.3, 0.4) is 0 Å². The van der Waals surface area contributed by atoms with E-state index in [1.807, 2.05) is 22.7 Å². The monoisotopic (exact) mass is 283 g/mol. The van der Waals surface area contributed by atoms with Gasteiger partial charge in [-0.1, -0.05) is 0 Å². The van der Waals surface area contributed by atoms with E-state index in [1.165, 1.54) is 11.1 Å². The van der Waals surface area contributed by atoms with Crippen LogP contribution < -0.4 is 0 Å². The summed E-state index contributed by atoms with van der Waals surface area (Å²) in [6, 6.07) is 2.08. The molecule has 6 heteroatoms. The molecule has 0 aromatic carbocycles. The Bertz CT molecular complexity index is 708. The Kier molecular flexibility index (Phi) is 2.77. The fourth-order valence-electron chi connectivity index (χ4n) is 3.25. The zero-order valence-corrected chi connectivity index (χ0v) is 12.0. The molecule has 4 rings (SSSR count). The van der Waals surface area contributed by atoms with Gasteiger partial charge in [-0.25, -0.2) is 9.67 Å². The lowest BCUT2D eigenvalue weighted by Crippen LogP contribution is -2.37. The third-order valence-electron chi connectivity index (χ3n) is 4.41. The van der Waals surface area contributed by atoms with Crippen molar-refractivity contribution in [3.63, 3.8) is 0 Å². The van der Waals surface area contributed by atoms with E-state index in [0.29, 0.717) is 19.6 Å². The van der Waals surface area contributed by atoms with E-state index in [-0.39, 0.29) is 11.8 Å². The van der Waals surface area contributed by atoms with Crippen LogP contribution in [0.4, 0.5) is 0 Å².